The normalized spacial score (nSPS) is 10.5. The van der Waals surface area contributed by atoms with Gasteiger partial charge in [0.1, 0.15) is 5.75 Å². The first kappa shape index (κ1) is 20.2. The first-order valence-corrected chi connectivity index (χ1v) is 8.50. The Morgan fingerprint density at radius 3 is 2.07 bits per heavy atom. The van der Waals surface area contributed by atoms with E-state index >= 15 is 0 Å². The summed E-state index contributed by atoms with van der Waals surface area (Å²) in [5.41, 5.74) is 1.90. The Morgan fingerprint density at radius 1 is 0.926 bits per heavy atom. The third kappa shape index (κ3) is 5.67. The molecular formula is C21H25NO5. The smallest absolute Gasteiger partial charge is 0.244 e. The van der Waals surface area contributed by atoms with Crippen molar-refractivity contribution in [2.75, 3.05) is 35.0 Å². The molecule has 0 aliphatic carbocycles. The summed E-state index contributed by atoms with van der Waals surface area (Å²) < 4.78 is 21.0. The molecule has 0 radical (unpaired) electrons. The summed E-state index contributed by atoms with van der Waals surface area (Å²) in [5.74, 6) is 2.24. The Labute approximate surface area is 159 Å². The molecule has 6 heteroatoms. The Kier molecular flexibility index (Phi) is 7.55. The maximum atomic E-state index is 12.0. The highest BCUT2D eigenvalue weighted by Crippen LogP contribution is 2.38. The van der Waals surface area contributed by atoms with Gasteiger partial charge in [0.05, 0.1) is 28.4 Å². The number of methoxy groups -OCH3 is 4. The van der Waals surface area contributed by atoms with E-state index in [0.29, 0.717) is 23.8 Å². The van der Waals surface area contributed by atoms with E-state index in [1.807, 2.05) is 24.3 Å². The number of hydrogen-bond acceptors (Lipinski definition) is 5. The lowest BCUT2D eigenvalue weighted by atomic mass is 10.1. The lowest BCUT2D eigenvalue weighted by Crippen LogP contribution is -2.23. The molecule has 144 valence electrons. The SMILES string of the molecule is COc1ccc(CCNC(=O)C=Cc2cc(OC)c(OC)c(OC)c2)cc1. The molecule has 1 N–H and O–H groups in total. The highest BCUT2D eigenvalue weighted by atomic mass is 16.5. The van der Waals surface area contributed by atoms with Gasteiger partial charge in [-0.25, -0.2) is 0 Å². The molecule has 0 atom stereocenters. The van der Waals surface area contributed by atoms with Crippen molar-refractivity contribution in [2.24, 2.45) is 0 Å². The Morgan fingerprint density at radius 2 is 1.56 bits per heavy atom. The van der Waals surface area contributed by atoms with Crippen LogP contribution in [0.5, 0.6) is 23.0 Å². The topological polar surface area (TPSA) is 66.0 Å². The monoisotopic (exact) mass is 371 g/mol. The number of rotatable bonds is 9. The van der Waals surface area contributed by atoms with Crippen molar-refractivity contribution in [3.8, 4) is 23.0 Å². The molecule has 0 aliphatic rings. The maximum absolute atomic E-state index is 12.0. The van der Waals surface area contributed by atoms with Crippen molar-refractivity contribution in [2.45, 2.75) is 6.42 Å². The van der Waals surface area contributed by atoms with Crippen LogP contribution in [0.4, 0.5) is 0 Å². The van der Waals surface area contributed by atoms with E-state index in [4.69, 9.17) is 18.9 Å². The largest absolute Gasteiger partial charge is 0.497 e. The number of carbonyl (C=O) groups is 1. The van der Waals surface area contributed by atoms with Gasteiger partial charge in [0.2, 0.25) is 11.7 Å². The molecule has 1 amide bonds. The number of nitrogens with one attached hydrogen (secondary N) is 1. The minimum absolute atomic E-state index is 0.169. The second-order valence-electron chi connectivity index (χ2n) is 5.68. The second-order valence-corrected chi connectivity index (χ2v) is 5.68. The average Bonchev–Trinajstić information content (AvgIpc) is 2.71. The predicted molar refractivity (Wildman–Crippen MR) is 105 cm³/mol. The van der Waals surface area contributed by atoms with Crippen LogP contribution in [0, 0.1) is 0 Å². The minimum Gasteiger partial charge on any atom is -0.497 e. The molecule has 0 spiro atoms. The number of hydrogen-bond donors (Lipinski definition) is 1. The van der Waals surface area contributed by atoms with Crippen molar-refractivity contribution in [3.63, 3.8) is 0 Å². The first-order chi connectivity index (χ1) is 13.1. The average molecular weight is 371 g/mol. The van der Waals surface area contributed by atoms with E-state index in [2.05, 4.69) is 5.32 Å². The van der Waals surface area contributed by atoms with Crippen LogP contribution in [0.2, 0.25) is 0 Å². The minimum atomic E-state index is -0.169. The van der Waals surface area contributed by atoms with Gasteiger partial charge in [-0.3, -0.25) is 4.79 Å². The fraction of sp³-hybridized carbons (Fsp3) is 0.286. The van der Waals surface area contributed by atoms with Gasteiger partial charge in [0, 0.05) is 12.6 Å². The van der Waals surface area contributed by atoms with Gasteiger partial charge >= 0.3 is 0 Å². The summed E-state index contributed by atoms with van der Waals surface area (Å²) in [5, 5.41) is 2.87. The molecule has 6 nitrogen and oxygen atoms in total. The molecule has 0 aromatic heterocycles. The lowest BCUT2D eigenvalue weighted by Gasteiger charge is -2.12. The molecular weight excluding hydrogens is 346 g/mol. The van der Waals surface area contributed by atoms with E-state index in [9.17, 15) is 4.79 Å². The molecule has 0 aliphatic heterocycles. The number of ether oxygens (including phenoxy) is 4. The van der Waals surface area contributed by atoms with E-state index in [1.165, 1.54) is 6.08 Å². The van der Waals surface area contributed by atoms with Gasteiger partial charge < -0.3 is 24.3 Å². The van der Waals surface area contributed by atoms with Gasteiger partial charge in [-0.15, -0.1) is 0 Å². The van der Waals surface area contributed by atoms with Gasteiger partial charge in [-0.2, -0.15) is 0 Å². The molecule has 0 saturated heterocycles. The van der Waals surface area contributed by atoms with Crippen LogP contribution in [0.3, 0.4) is 0 Å². The Bertz CT molecular complexity index is 759. The zero-order valence-corrected chi connectivity index (χ0v) is 16.1. The third-order valence-electron chi connectivity index (χ3n) is 3.99. The van der Waals surface area contributed by atoms with Gasteiger partial charge in [0.15, 0.2) is 11.5 Å². The number of benzene rings is 2. The van der Waals surface area contributed by atoms with Crippen molar-refractivity contribution in [1.82, 2.24) is 5.32 Å². The molecule has 2 rings (SSSR count). The fourth-order valence-corrected chi connectivity index (χ4v) is 2.55. The van der Waals surface area contributed by atoms with Crippen molar-refractivity contribution >= 4 is 12.0 Å². The predicted octanol–water partition coefficient (Wildman–Crippen LogP) is 3.09. The fourth-order valence-electron chi connectivity index (χ4n) is 2.55. The molecule has 0 heterocycles. The highest BCUT2D eigenvalue weighted by molar-refractivity contribution is 5.91. The van der Waals surface area contributed by atoms with Crippen LogP contribution in [-0.2, 0) is 11.2 Å². The summed E-state index contributed by atoms with van der Waals surface area (Å²) >= 11 is 0. The summed E-state index contributed by atoms with van der Waals surface area (Å²) in [6, 6.07) is 11.3. The van der Waals surface area contributed by atoms with Gasteiger partial charge in [-0.05, 0) is 47.9 Å². The van der Waals surface area contributed by atoms with Crippen molar-refractivity contribution in [3.05, 3.63) is 53.6 Å². The van der Waals surface area contributed by atoms with E-state index in [0.717, 1.165) is 23.3 Å². The van der Waals surface area contributed by atoms with Crippen LogP contribution in [0.25, 0.3) is 6.08 Å². The third-order valence-corrected chi connectivity index (χ3v) is 3.99. The number of amides is 1. The van der Waals surface area contributed by atoms with Crippen LogP contribution in [0.15, 0.2) is 42.5 Å². The van der Waals surface area contributed by atoms with Crippen molar-refractivity contribution in [1.29, 1.82) is 0 Å². The zero-order chi connectivity index (χ0) is 19.6. The molecule has 0 saturated carbocycles. The van der Waals surface area contributed by atoms with Gasteiger partial charge in [0.25, 0.3) is 0 Å². The molecule has 27 heavy (non-hydrogen) atoms. The van der Waals surface area contributed by atoms with Gasteiger partial charge in [-0.1, -0.05) is 12.1 Å². The van der Waals surface area contributed by atoms with E-state index in [-0.39, 0.29) is 5.91 Å². The Balaban J connectivity index is 1.93. The first-order valence-electron chi connectivity index (χ1n) is 8.50. The lowest BCUT2D eigenvalue weighted by molar-refractivity contribution is -0.116. The highest BCUT2D eigenvalue weighted by Gasteiger charge is 2.12. The standard InChI is InChI=1S/C21H25NO5/c1-24-17-8-5-15(6-9-17)11-12-22-20(23)10-7-16-13-18(25-2)21(27-4)19(14-16)26-3/h5-10,13-14H,11-12H2,1-4H3,(H,22,23). The summed E-state index contributed by atoms with van der Waals surface area (Å²) in [6.07, 6.45) is 3.93. The van der Waals surface area contributed by atoms with Crippen LogP contribution in [0.1, 0.15) is 11.1 Å². The van der Waals surface area contributed by atoms with E-state index < -0.39 is 0 Å². The van der Waals surface area contributed by atoms with Crippen LogP contribution in [-0.4, -0.2) is 40.9 Å². The second kappa shape index (κ2) is 10.1. The van der Waals surface area contributed by atoms with Crippen molar-refractivity contribution < 1.29 is 23.7 Å². The quantitative estimate of drug-likeness (QED) is 0.686. The maximum Gasteiger partial charge on any atom is 0.244 e. The zero-order valence-electron chi connectivity index (χ0n) is 16.1. The molecule has 0 bridgehead atoms. The van der Waals surface area contributed by atoms with Crippen LogP contribution < -0.4 is 24.3 Å². The molecule has 0 fully saturated rings. The molecule has 2 aromatic rings. The van der Waals surface area contributed by atoms with Crippen LogP contribution >= 0.6 is 0 Å². The molecule has 2 aromatic carbocycles. The Hall–Kier alpha value is -3.15. The summed E-state index contributed by atoms with van der Waals surface area (Å²) in [7, 11) is 6.29. The molecule has 0 unspecified atom stereocenters. The summed E-state index contributed by atoms with van der Waals surface area (Å²) in [4.78, 5) is 12.0. The van der Waals surface area contributed by atoms with E-state index in [1.54, 1.807) is 46.6 Å². The number of carbonyl (C=O) groups excluding carboxylic acids is 1. The summed E-state index contributed by atoms with van der Waals surface area (Å²) in [6.45, 7) is 0.546.